The van der Waals surface area contributed by atoms with Crippen molar-refractivity contribution in [3.63, 3.8) is 0 Å². The molecular weight excluding hydrogens is 362 g/mol. The molecule has 0 aliphatic heterocycles. The summed E-state index contributed by atoms with van der Waals surface area (Å²) in [6.45, 7) is 4.22. The first-order valence-electron chi connectivity index (χ1n) is 9.65. The van der Waals surface area contributed by atoms with Crippen LogP contribution in [0, 0.1) is 13.8 Å². The van der Waals surface area contributed by atoms with E-state index in [0.29, 0.717) is 0 Å². The molecule has 1 aliphatic rings. The van der Waals surface area contributed by atoms with E-state index < -0.39 is 0 Å². The predicted molar refractivity (Wildman–Crippen MR) is 114 cm³/mol. The molecule has 4 aromatic rings. The molecule has 5 rings (SSSR count). The van der Waals surface area contributed by atoms with Crippen LogP contribution in [-0.4, -0.2) is 25.3 Å². The van der Waals surface area contributed by atoms with Gasteiger partial charge in [-0.2, -0.15) is 0 Å². The van der Waals surface area contributed by atoms with Crippen LogP contribution in [0.5, 0.6) is 0 Å². The van der Waals surface area contributed by atoms with Gasteiger partial charge in [0.2, 0.25) is 0 Å². The zero-order valence-electron chi connectivity index (χ0n) is 16.3. The number of anilines is 2. The number of benzene rings is 2. The maximum absolute atomic E-state index is 9.18. The summed E-state index contributed by atoms with van der Waals surface area (Å²) < 4.78 is 2.03. The topological polar surface area (TPSA) is 74.8 Å². The number of oxime groups is 1. The molecule has 2 aromatic heterocycles. The molecule has 2 heterocycles. The normalized spacial score (nSPS) is 14.5. The van der Waals surface area contributed by atoms with Crippen molar-refractivity contribution in [1.82, 2.24) is 14.4 Å². The van der Waals surface area contributed by atoms with Crippen molar-refractivity contribution in [2.45, 2.75) is 26.7 Å². The SMILES string of the molecule is Cc1cccc(C)c1-c1nc2cnccn2c1Nc1ccc2c(c1)CC/C2=N\O. The smallest absolute Gasteiger partial charge is 0.157 e. The zero-order valence-corrected chi connectivity index (χ0v) is 16.3. The van der Waals surface area contributed by atoms with Crippen LogP contribution in [-0.2, 0) is 6.42 Å². The fraction of sp³-hybridized carbons (Fsp3) is 0.174. The largest absolute Gasteiger partial charge is 0.411 e. The molecule has 0 saturated carbocycles. The molecule has 1 aliphatic carbocycles. The number of fused-ring (bicyclic) bond motifs is 2. The fourth-order valence-corrected chi connectivity index (χ4v) is 4.18. The van der Waals surface area contributed by atoms with Gasteiger partial charge in [-0.05, 0) is 55.5 Å². The second-order valence-corrected chi connectivity index (χ2v) is 7.42. The van der Waals surface area contributed by atoms with Crippen molar-refractivity contribution in [2.75, 3.05) is 5.32 Å². The molecule has 144 valence electrons. The van der Waals surface area contributed by atoms with E-state index >= 15 is 0 Å². The Morgan fingerprint density at radius 2 is 1.93 bits per heavy atom. The van der Waals surface area contributed by atoms with Gasteiger partial charge in [-0.15, -0.1) is 0 Å². The highest BCUT2D eigenvalue weighted by atomic mass is 16.4. The van der Waals surface area contributed by atoms with E-state index in [1.165, 1.54) is 16.7 Å². The van der Waals surface area contributed by atoms with E-state index in [0.717, 1.165) is 52.5 Å². The van der Waals surface area contributed by atoms with Crippen molar-refractivity contribution in [3.8, 4) is 11.3 Å². The molecule has 0 spiro atoms. The molecule has 0 bridgehead atoms. The third-order valence-corrected chi connectivity index (χ3v) is 5.58. The molecule has 2 N–H and O–H groups in total. The molecule has 0 radical (unpaired) electrons. The van der Waals surface area contributed by atoms with Gasteiger partial charge in [0.1, 0.15) is 11.5 Å². The number of hydrogen-bond donors (Lipinski definition) is 2. The van der Waals surface area contributed by atoms with Crippen molar-refractivity contribution >= 4 is 22.9 Å². The van der Waals surface area contributed by atoms with Gasteiger partial charge < -0.3 is 10.5 Å². The third-order valence-electron chi connectivity index (χ3n) is 5.58. The lowest BCUT2D eigenvalue weighted by Gasteiger charge is -2.13. The molecule has 6 heteroatoms. The number of nitrogens with zero attached hydrogens (tertiary/aromatic N) is 4. The molecule has 6 nitrogen and oxygen atoms in total. The van der Waals surface area contributed by atoms with Gasteiger partial charge in [0.15, 0.2) is 5.65 Å². The minimum Gasteiger partial charge on any atom is -0.411 e. The summed E-state index contributed by atoms with van der Waals surface area (Å²) >= 11 is 0. The molecule has 0 saturated heterocycles. The summed E-state index contributed by atoms with van der Waals surface area (Å²) in [4.78, 5) is 9.11. The molecule has 0 fully saturated rings. The van der Waals surface area contributed by atoms with Crippen LogP contribution in [0.25, 0.3) is 16.9 Å². The first kappa shape index (κ1) is 17.4. The van der Waals surface area contributed by atoms with Crippen LogP contribution in [0.3, 0.4) is 0 Å². The maximum Gasteiger partial charge on any atom is 0.157 e. The summed E-state index contributed by atoms with van der Waals surface area (Å²) in [6, 6.07) is 12.5. The minimum absolute atomic E-state index is 0.753. The molecule has 0 unspecified atom stereocenters. The van der Waals surface area contributed by atoms with Gasteiger partial charge in [-0.1, -0.05) is 29.4 Å². The monoisotopic (exact) mass is 383 g/mol. The number of aryl methyl sites for hydroxylation is 3. The lowest BCUT2D eigenvalue weighted by Crippen LogP contribution is -2.00. The fourth-order valence-electron chi connectivity index (χ4n) is 4.18. The number of hydrogen-bond acceptors (Lipinski definition) is 5. The van der Waals surface area contributed by atoms with Gasteiger partial charge in [-0.25, -0.2) is 4.98 Å². The average Bonchev–Trinajstić information content (AvgIpc) is 3.29. The van der Waals surface area contributed by atoms with Crippen LogP contribution in [0.4, 0.5) is 11.5 Å². The van der Waals surface area contributed by atoms with Crippen molar-refractivity contribution < 1.29 is 5.21 Å². The highest BCUT2D eigenvalue weighted by molar-refractivity contribution is 6.04. The Labute approximate surface area is 168 Å². The lowest BCUT2D eigenvalue weighted by molar-refractivity contribution is 0.318. The highest BCUT2D eigenvalue weighted by Crippen LogP contribution is 2.35. The Hall–Kier alpha value is -3.67. The van der Waals surface area contributed by atoms with Crippen LogP contribution in [0.2, 0.25) is 0 Å². The van der Waals surface area contributed by atoms with E-state index in [-0.39, 0.29) is 0 Å². The van der Waals surface area contributed by atoms with Crippen molar-refractivity contribution in [1.29, 1.82) is 0 Å². The van der Waals surface area contributed by atoms with E-state index in [2.05, 4.69) is 53.6 Å². The van der Waals surface area contributed by atoms with Crippen LogP contribution in [0.1, 0.15) is 28.7 Å². The number of aromatic nitrogens is 3. The standard InChI is InChI=1S/C23H21N5O/c1-14-4-3-5-15(2)21(14)22-23(28-11-10-24-13-20(28)26-22)25-17-7-8-18-16(12-17)6-9-19(18)27-29/h3-5,7-8,10-13,25,29H,6,9H2,1-2H3/b27-19+. The predicted octanol–water partition coefficient (Wildman–Crippen LogP) is 4.88. The van der Waals surface area contributed by atoms with E-state index in [9.17, 15) is 5.21 Å². The van der Waals surface area contributed by atoms with Crippen LogP contribution in [0.15, 0.2) is 60.1 Å². The summed E-state index contributed by atoms with van der Waals surface area (Å²) in [5.74, 6) is 0.911. The molecule has 0 amide bonds. The molecule has 29 heavy (non-hydrogen) atoms. The Balaban J connectivity index is 1.66. The van der Waals surface area contributed by atoms with E-state index in [4.69, 9.17) is 4.98 Å². The number of rotatable bonds is 3. The van der Waals surface area contributed by atoms with Gasteiger partial charge in [0, 0.05) is 29.2 Å². The first-order chi connectivity index (χ1) is 14.2. The van der Waals surface area contributed by atoms with Gasteiger partial charge in [-0.3, -0.25) is 9.38 Å². The zero-order chi connectivity index (χ0) is 20.0. The minimum atomic E-state index is 0.753. The van der Waals surface area contributed by atoms with Crippen molar-refractivity contribution in [3.05, 3.63) is 77.2 Å². The molecular formula is C23H21N5O. The number of nitrogens with one attached hydrogen (secondary N) is 1. The Kier molecular flexibility index (Phi) is 4.05. The number of imidazole rings is 1. The Morgan fingerprint density at radius 3 is 2.72 bits per heavy atom. The van der Waals surface area contributed by atoms with E-state index in [1.54, 1.807) is 12.4 Å². The summed E-state index contributed by atoms with van der Waals surface area (Å²) in [6.07, 6.45) is 7.11. The Morgan fingerprint density at radius 1 is 1.10 bits per heavy atom. The van der Waals surface area contributed by atoms with Crippen LogP contribution >= 0.6 is 0 Å². The lowest BCUT2D eigenvalue weighted by atomic mass is 10.00. The van der Waals surface area contributed by atoms with Gasteiger partial charge in [0.05, 0.1) is 11.9 Å². The summed E-state index contributed by atoms with van der Waals surface area (Å²) in [5, 5.41) is 16.2. The summed E-state index contributed by atoms with van der Waals surface area (Å²) in [5.41, 5.74) is 9.15. The second-order valence-electron chi connectivity index (χ2n) is 7.42. The average molecular weight is 383 g/mol. The van der Waals surface area contributed by atoms with Gasteiger partial charge in [0.25, 0.3) is 0 Å². The van der Waals surface area contributed by atoms with E-state index in [1.807, 2.05) is 22.7 Å². The maximum atomic E-state index is 9.18. The van der Waals surface area contributed by atoms with Crippen LogP contribution < -0.4 is 5.32 Å². The quantitative estimate of drug-likeness (QED) is 0.390. The second kappa shape index (κ2) is 6.74. The van der Waals surface area contributed by atoms with Crippen molar-refractivity contribution in [2.24, 2.45) is 5.16 Å². The first-order valence-corrected chi connectivity index (χ1v) is 9.65. The summed E-state index contributed by atoms with van der Waals surface area (Å²) in [7, 11) is 0. The highest BCUT2D eigenvalue weighted by Gasteiger charge is 2.21. The molecule has 2 aromatic carbocycles. The Bertz CT molecular complexity index is 1250. The molecule has 0 atom stereocenters. The third kappa shape index (κ3) is 2.84. The van der Waals surface area contributed by atoms with Gasteiger partial charge >= 0.3 is 0 Å².